The van der Waals surface area contributed by atoms with E-state index in [4.69, 9.17) is 18.0 Å². The Bertz CT molecular complexity index is 392. The van der Waals surface area contributed by atoms with Gasteiger partial charge in [-0.15, -0.1) is 12.3 Å². The molecule has 15 heavy (non-hydrogen) atoms. The van der Waals surface area contributed by atoms with Gasteiger partial charge in [-0.2, -0.15) is 0 Å². The van der Waals surface area contributed by atoms with E-state index in [1.807, 2.05) is 6.07 Å². The summed E-state index contributed by atoms with van der Waals surface area (Å²) in [5.41, 5.74) is 2.76. The van der Waals surface area contributed by atoms with Gasteiger partial charge in [0.2, 0.25) is 0 Å². The molecule has 1 aliphatic rings. The summed E-state index contributed by atoms with van der Waals surface area (Å²) in [5.74, 6) is 2.64. The molecule has 1 atom stereocenters. The van der Waals surface area contributed by atoms with Crippen molar-refractivity contribution in [3.8, 4) is 12.3 Å². The third-order valence-corrected chi connectivity index (χ3v) is 3.08. The standard InChI is InChI=1S/C13H14ClN/c1-2-3-8-15-13-7-4-10-9-11(14)5-6-12(10)13/h1,5-6,9,13,15H,3-4,7-8H2. The van der Waals surface area contributed by atoms with Crippen molar-refractivity contribution in [3.05, 3.63) is 34.3 Å². The quantitative estimate of drug-likeness (QED) is 0.609. The molecule has 0 amide bonds. The van der Waals surface area contributed by atoms with Crippen LogP contribution in [-0.4, -0.2) is 6.54 Å². The van der Waals surface area contributed by atoms with Gasteiger partial charge in [-0.25, -0.2) is 0 Å². The predicted molar refractivity (Wildman–Crippen MR) is 64.0 cm³/mol. The predicted octanol–water partition coefficient (Wildman–Crippen LogP) is 2.94. The minimum atomic E-state index is 0.464. The van der Waals surface area contributed by atoms with Gasteiger partial charge in [0.05, 0.1) is 0 Å². The summed E-state index contributed by atoms with van der Waals surface area (Å²) in [7, 11) is 0. The van der Waals surface area contributed by atoms with Crippen molar-refractivity contribution >= 4 is 11.6 Å². The zero-order chi connectivity index (χ0) is 10.7. The number of hydrogen-bond acceptors (Lipinski definition) is 1. The van der Waals surface area contributed by atoms with Crippen molar-refractivity contribution in [1.82, 2.24) is 5.32 Å². The van der Waals surface area contributed by atoms with Gasteiger partial charge in [-0.05, 0) is 36.1 Å². The highest BCUT2D eigenvalue weighted by molar-refractivity contribution is 6.30. The molecule has 1 aromatic carbocycles. The van der Waals surface area contributed by atoms with Crippen LogP contribution in [0.4, 0.5) is 0 Å². The molecule has 1 nitrogen and oxygen atoms in total. The smallest absolute Gasteiger partial charge is 0.0408 e. The van der Waals surface area contributed by atoms with E-state index in [1.54, 1.807) is 0 Å². The summed E-state index contributed by atoms with van der Waals surface area (Å²) in [4.78, 5) is 0. The Kier molecular flexibility index (Phi) is 3.30. The molecule has 0 spiro atoms. The van der Waals surface area contributed by atoms with Crippen LogP contribution in [0.15, 0.2) is 18.2 Å². The number of aryl methyl sites for hydroxylation is 1. The lowest BCUT2D eigenvalue weighted by Gasteiger charge is -2.12. The first-order chi connectivity index (χ1) is 7.31. The molecular formula is C13H14ClN. The van der Waals surface area contributed by atoms with E-state index >= 15 is 0 Å². The van der Waals surface area contributed by atoms with Crippen LogP contribution in [0.5, 0.6) is 0 Å². The summed E-state index contributed by atoms with van der Waals surface area (Å²) >= 11 is 5.95. The number of halogens is 1. The average molecular weight is 220 g/mol. The Labute approximate surface area is 95.8 Å². The van der Waals surface area contributed by atoms with Crippen LogP contribution in [0, 0.1) is 12.3 Å². The molecule has 78 valence electrons. The lowest BCUT2D eigenvalue weighted by Crippen LogP contribution is -2.19. The van der Waals surface area contributed by atoms with Crippen molar-refractivity contribution < 1.29 is 0 Å². The van der Waals surface area contributed by atoms with Gasteiger partial charge in [0.1, 0.15) is 0 Å². The molecular weight excluding hydrogens is 206 g/mol. The molecule has 0 saturated carbocycles. The third-order valence-electron chi connectivity index (χ3n) is 2.84. The fourth-order valence-electron chi connectivity index (χ4n) is 2.12. The Morgan fingerprint density at radius 1 is 1.53 bits per heavy atom. The normalized spacial score (nSPS) is 18.5. The maximum atomic E-state index is 5.95. The highest BCUT2D eigenvalue weighted by atomic mass is 35.5. The zero-order valence-corrected chi connectivity index (χ0v) is 9.35. The number of terminal acetylenes is 1. The van der Waals surface area contributed by atoms with Crippen LogP contribution in [0.2, 0.25) is 5.02 Å². The maximum Gasteiger partial charge on any atom is 0.0408 e. The van der Waals surface area contributed by atoms with E-state index < -0.39 is 0 Å². The molecule has 1 aromatic rings. The minimum Gasteiger partial charge on any atom is -0.309 e. The molecule has 2 rings (SSSR count). The van der Waals surface area contributed by atoms with Crippen LogP contribution in [-0.2, 0) is 6.42 Å². The molecule has 2 heteroatoms. The van der Waals surface area contributed by atoms with Crippen LogP contribution >= 0.6 is 11.6 Å². The van der Waals surface area contributed by atoms with Gasteiger partial charge in [0, 0.05) is 24.0 Å². The van der Waals surface area contributed by atoms with Gasteiger partial charge in [0.15, 0.2) is 0 Å². The van der Waals surface area contributed by atoms with Crippen LogP contribution in [0.1, 0.15) is 30.0 Å². The lowest BCUT2D eigenvalue weighted by molar-refractivity contribution is 0.539. The molecule has 0 saturated heterocycles. The largest absolute Gasteiger partial charge is 0.309 e. The summed E-state index contributed by atoms with van der Waals surface area (Å²) in [6, 6.07) is 6.62. The van der Waals surface area contributed by atoms with Gasteiger partial charge < -0.3 is 5.32 Å². The number of benzene rings is 1. The second-order valence-corrected chi connectivity index (χ2v) is 4.28. The van der Waals surface area contributed by atoms with Crippen LogP contribution in [0.25, 0.3) is 0 Å². The van der Waals surface area contributed by atoms with E-state index in [0.717, 1.165) is 30.8 Å². The number of nitrogens with one attached hydrogen (secondary N) is 1. The first kappa shape index (κ1) is 10.5. The Morgan fingerprint density at radius 3 is 3.20 bits per heavy atom. The molecule has 0 aliphatic heterocycles. The van der Waals surface area contributed by atoms with Gasteiger partial charge in [-0.3, -0.25) is 0 Å². The topological polar surface area (TPSA) is 12.0 Å². The molecule has 0 aromatic heterocycles. The first-order valence-corrected chi connectivity index (χ1v) is 5.64. The van der Waals surface area contributed by atoms with E-state index in [9.17, 15) is 0 Å². The molecule has 0 radical (unpaired) electrons. The van der Waals surface area contributed by atoms with E-state index in [-0.39, 0.29) is 0 Å². The van der Waals surface area contributed by atoms with E-state index in [0.29, 0.717) is 6.04 Å². The van der Waals surface area contributed by atoms with Crippen LogP contribution in [0.3, 0.4) is 0 Å². The minimum absolute atomic E-state index is 0.464. The van der Waals surface area contributed by atoms with Crippen molar-refractivity contribution in [1.29, 1.82) is 0 Å². The molecule has 0 bridgehead atoms. The summed E-state index contributed by atoms with van der Waals surface area (Å²) in [5, 5.41) is 4.30. The zero-order valence-electron chi connectivity index (χ0n) is 8.59. The molecule has 1 aliphatic carbocycles. The van der Waals surface area contributed by atoms with Gasteiger partial charge >= 0.3 is 0 Å². The van der Waals surface area contributed by atoms with E-state index in [2.05, 4.69) is 23.4 Å². The second-order valence-electron chi connectivity index (χ2n) is 3.84. The number of rotatable bonds is 3. The summed E-state index contributed by atoms with van der Waals surface area (Å²) in [6.45, 7) is 0.892. The number of fused-ring (bicyclic) bond motifs is 1. The Morgan fingerprint density at radius 2 is 2.40 bits per heavy atom. The number of hydrogen-bond donors (Lipinski definition) is 1. The highest BCUT2D eigenvalue weighted by Gasteiger charge is 2.21. The summed E-state index contributed by atoms with van der Waals surface area (Å²) < 4.78 is 0. The Balaban J connectivity index is 2.05. The van der Waals surface area contributed by atoms with Gasteiger partial charge in [-0.1, -0.05) is 17.7 Å². The van der Waals surface area contributed by atoms with Crippen molar-refractivity contribution in [2.45, 2.75) is 25.3 Å². The van der Waals surface area contributed by atoms with Crippen molar-refractivity contribution in [3.63, 3.8) is 0 Å². The lowest BCUT2D eigenvalue weighted by atomic mass is 10.1. The first-order valence-electron chi connectivity index (χ1n) is 5.26. The molecule has 1 N–H and O–H groups in total. The fraction of sp³-hybridized carbons (Fsp3) is 0.385. The Hall–Kier alpha value is -0.970. The van der Waals surface area contributed by atoms with Crippen molar-refractivity contribution in [2.75, 3.05) is 6.54 Å². The average Bonchev–Trinajstić information content (AvgIpc) is 2.61. The monoisotopic (exact) mass is 219 g/mol. The third kappa shape index (κ3) is 2.34. The summed E-state index contributed by atoms with van der Waals surface area (Å²) in [6.07, 6.45) is 8.28. The second kappa shape index (κ2) is 4.70. The maximum absolute atomic E-state index is 5.95. The molecule has 1 unspecified atom stereocenters. The molecule has 0 fully saturated rings. The van der Waals surface area contributed by atoms with Crippen molar-refractivity contribution in [2.24, 2.45) is 0 Å². The highest BCUT2D eigenvalue weighted by Crippen LogP contribution is 2.32. The van der Waals surface area contributed by atoms with E-state index in [1.165, 1.54) is 11.1 Å². The molecule has 0 heterocycles. The fourth-order valence-corrected chi connectivity index (χ4v) is 2.31. The SMILES string of the molecule is C#CCCNC1CCc2cc(Cl)ccc21. The van der Waals surface area contributed by atoms with Crippen LogP contribution < -0.4 is 5.32 Å². The van der Waals surface area contributed by atoms with Gasteiger partial charge in [0.25, 0.3) is 0 Å².